The fourth-order valence-corrected chi connectivity index (χ4v) is 2.12. The Kier molecular flexibility index (Phi) is 4.42. The number of hydrogen-bond acceptors (Lipinski definition) is 3. The first kappa shape index (κ1) is 14.8. The molecule has 0 aliphatic heterocycles. The van der Waals surface area contributed by atoms with Crippen molar-refractivity contribution >= 4 is 17.6 Å². The third-order valence-electron chi connectivity index (χ3n) is 3.23. The van der Waals surface area contributed by atoms with Crippen molar-refractivity contribution in [3.63, 3.8) is 0 Å². The zero-order valence-corrected chi connectivity index (χ0v) is 12.0. The number of aromatic carboxylic acids is 1. The summed E-state index contributed by atoms with van der Waals surface area (Å²) >= 11 is 0. The van der Waals surface area contributed by atoms with E-state index in [-0.39, 0.29) is 11.3 Å². The van der Waals surface area contributed by atoms with Gasteiger partial charge in [-0.2, -0.15) is 0 Å². The molecule has 0 saturated heterocycles. The van der Waals surface area contributed by atoms with Crippen molar-refractivity contribution in [2.24, 2.45) is 0 Å². The van der Waals surface area contributed by atoms with Gasteiger partial charge in [-0.25, -0.2) is 4.79 Å². The number of rotatable bonds is 5. The van der Waals surface area contributed by atoms with E-state index in [1.807, 2.05) is 25.1 Å². The van der Waals surface area contributed by atoms with Crippen LogP contribution in [0.4, 0.5) is 5.69 Å². The number of hydrogen-bond donors (Lipinski definition) is 2. The van der Waals surface area contributed by atoms with Gasteiger partial charge in [-0.3, -0.25) is 4.79 Å². The summed E-state index contributed by atoms with van der Waals surface area (Å²) < 4.78 is 5.34. The van der Waals surface area contributed by atoms with Crippen molar-refractivity contribution in [2.45, 2.75) is 26.7 Å². The smallest absolute Gasteiger partial charge is 0.339 e. The first-order valence-corrected chi connectivity index (χ1v) is 6.82. The molecule has 0 aliphatic rings. The molecule has 5 nitrogen and oxygen atoms in total. The molecule has 0 aliphatic carbocycles. The number of furan rings is 1. The lowest BCUT2D eigenvalue weighted by molar-refractivity contribution is 0.0694. The maximum Gasteiger partial charge on any atom is 0.339 e. The zero-order valence-electron chi connectivity index (χ0n) is 12.0. The molecule has 1 aromatic carbocycles. The van der Waals surface area contributed by atoms with E-state index in [0.29, 0.717) is 17.9 Å². The Morgan fingerprint density at radius 1 is 1.19 bits per heavy atom. The largest absolute Gasteiger partial charge is 0.478 e. The molecule has 5 heteroatoms. The molecule has 2 N–H and O–H groups in total. The van der Waals surface area contributed by atoms with Crippen LogP contribution in [-0.2, 0) is 12.8 Å². The molecule has 0 fully saturated rings. The zero-order chi connectivity index (χ0) is 15.4. The summed E-state index contributed by atoms with van der Waals surface area (Å²) in [6, 6.07) is 8.73. The minimum atomic E-state index is -1.09. The van der Waals surface area contributed by atoms with Gasteiger partial charge in [0.15, 0.2) is 5.76 Å². The number of carboxylic acid groups (broad SMARTS) is 1. The summed E-state index contributed by atoms with van der Waals surface area (Å²) in [5, 5.41) is 11.8. The first-order chi connectivity index (χ1) is 10.1. The SMILES string of the molecule is CCc1ccccc1NC(=O)c1cc(C(=O)O)c(CC)o1. The molecule has 0 unspecified atom stereocenters. The summed E-state index contributed by atoms with van der Waals surface area (Å²) in [6.45, 7) is 3.77. The first-order valence-electron chi connectivity index (χ1n) is 6.82. The average molecular weight is 287 g/mol. The molecule has 0 bridgehead atoms. The lowest BCUT2D eigenvalue weighted by atomic mass is 10.1. The molecular formula is C16H17NO4. The lowest BCUT2D eigenvalue weighted by Gasteiger charge is -2.08. The van der Waals surface area contributed by atoms with Crippen LogP contribution in [0.3, 0.4) is 0 Å². The van der Waals surface area contributed by atoms with Crippen LogP contribution in [0.2, 0.25) is 0 Å². The van der Waals surface area contributed by atoms with Gasteiger partial charge in [-0.1, -0.05) is 32.0 Å². The summed E-state index contributed by atoms with van der Waals surface area (Å²) in [6.07, 6.45) is 1.20. The van der Waals surface area contributed by atoms with E-state index in [1.165, 1.54) is 6.07 Å². The highest BCUT2D eigenvalue weighted by atomic mass is 16.4. The normalized spacial score (nSPS) is 10.4. The molecular weight excluding hydrogens is 270 g/mol. The second-order valence-electron chi connectivity index (χ2n) is 4.57. The fraction of sp³-hybridized carbons (Fsp3) is 0.250. The average Bonchev–Trinajstić information content (AvgIpc) is 2.92. The van der Waals surface area contributed by atoms with E-state index >= 15 is 0 Å². The molecule has 0 atom stereocenters. The van der Waals surface area contributed by atoms with Crippen LogP contribution in [0.25, 0.3) is 0 Å². The minimum absolute atomic E-state index is 0.00940. The van der Waals surface area contributed by atoms with E-state index in [9.17, 15) is 9.59 Å². The number of aryl methyl sites for hydroxylation is 2. The van der Waals surface area contributed by atoms with Crippen molar-refractivity contribution in [1.29, 1.82) is 0 Å². The van der Waals surface area contributed by atoms with E-state index in [1.54, 1.807) is 13.0 Å². The van der Waals surface area contributed by atoms with Crippen LogP contribution in [-0.4, -0.2) is 17.0 Å². The van der Waals surface area contributed by atoms with Crippen LogP contribution < -0.4 is 5.32 Å². The standard InChI is InChI=1S/C16H17NO4/c1-3-10-7-5-6-8-12(10)17-15(18)14-9-11(16(19)20)13(4-2)21-14/h5-9H,3-4H2,1-2H3,(H,17,18)(H,19,20). The predicted octanol–water partition coefficient (Wildman–Crippen LogP) is 3.35. The Morgan fingerprint density at radius 2 is 1.90 bits per heavy atom. The molecule has 21 heavy (non-hydrogen) atoms. The maximum atomic E-state index is 12.2. The van der Waals surface area contributed by atoms with Crippen molar-refractivity contribution in [1.82, 2.24) is 0 Å². The number of amides is 1. The third-order valence-corrected chi connectivity index (χ3v) is 3.23. The summed E-state index contributed by atoms with van der Waals surface area (Å²) in [5.74, 6) is -1.23. The molecule has 0 saturated carbocycles. The number of nitrogens with one attached hydrogen (secondary N) is 1. The van der Waals surface area contributed by atoms with Crippen LogP contribution in [0.5, 0.6) is 0 Å². The van der Waals surface area contributed by atoms with Gasteiger partial charge in [0, 0.05) is 18.2 Å². The molecule has 0 radical (unpaired) electrons. The molecule has 110 valence electrons. The number of carboxylic acids is 1. The highest BCUT2D eigenvalue weighted by Gasteiger charge is 2.20. The van der Waals surface area contributed by atoms with Crippen molar-refractivity contribution in [3.05, 3.63) is 53.0 Å². The second-order valence-corrected chi connectivity index (χ2v) is 4.57. The topological polar surface area (TPSA) is 79.5 Å². The number of para-hydroxylation sites is 1. The second kappa shape index (κ2) is 6.26. The van der Waals surface area contributed by atoms with E-state index in [4.69, 9.17) is 9.52 Å². The Balaban J connectivity index is 2.26. The number of carbonyl (C=O) groups excluding carboxylic acids is 1. The summed E-state index contributed by atoms with van der Waals surface area (Å²) in [4.78, 5) is 23.3. The number of anilines is 1. The van der Waals surface area contributed by atoms with Gasteiger partial charge < -0.3 is 14.8 Å². The third kappa shape index (κ3) is 3.13. The maximum absolute atomic E-state index is 12.2. The fourth-order valence-electron chi connectivity index (χ4n) is 2.12. The number of benzene rings is 1. The molecule has 1 aromatic heterocycles. The Morgan fingerprint density at radius 3 is 2.48 bits per heavy atom. The van der Waals surface area contributed by atoms with Gasteiger partial charge >= 0.3 is 5.97 Å². The minimum Gasteiger partial charge on any atom is -0.478 e. The Hall–Kier alpha value is -2.56. The van der Waals surface area contributed by atoms with Crippen LogP contribution in [0.15, 0.2) is 34.7 Å². The van der Waals surface area contributed by atoms with E-state index in [2.05, 4.69) is 5.32 Å². The van der Waals surface area contributed by atoms with Gasteiger partial charge in [0.1, 0.15) is 11.3 Å². The van der Waals surface area contributed by atoms with Gasteiger partial charge in [-0.05, 0) is 18.1 Å². The lowest BCUT2D eigenvalue weighted by Crippen LogP contribution is -2.12. The highest BCUT2D eigenvalue weighted by molar-refractivity contribution is 6.04. The molecule has 0 spiro atoms. The monoisotopic (exact) mass is 287 g/mol. The molecule has 2 rings (SSSR count). The molecule has 2 aromatic rings. The molecule has 1 amide bonds. The van der Waals surface area contributed by atoms with Gasteiger partial charge in [-0.15, -0.1) is 0 Å². The predicted molar refractivity (Wildman–Crippen MR) is 78.8 cm³/mol. The Labute approximate surface area is 122 Å². The summed E-state index contributed by atoms with van der Waals surface area (Å²) in [5.41, 5.74) is 1.74. The van der Waals surface area contributed by atoms with Crippen LogP contribution >= 0.6 is 0 Å². The quantitative estimate of drug-likeness (QED) is 0.883. The van der Waals surface area contributed by atoms with Crippen LogP contribution in [0, 0.1) is 0 Å². The van der Waals surface area contributed by atoms with Gasteiger partial charge in [0.2, 0.25) is 0 Å². The summed E-state index contributed by atoms with van der Waals surface area (Å²) in [7, 11) is 0. The molecule has 1 heterocycles. The highest BCUT2D eigenvalue weighted by Crippen LogP contribution is 2.20. The van der Waals surface area contributed by atoms with Gasteiger partial charge in [0.05, 0.1) is 0 Å². The van der Waals surface area contributed by atoms with Crippen molar-refractivity contribution in [2.75, 3.05) is 5.32 Å². The van der Waals surface area contributed by atoms with E-state index in [0.717, 1.165) is 12.0 Å². The van der Waals surface area contributed by atoms with Crippen molar-refractivity contribution < 1.29 is 19.1 Å². The van der Waals surface area contributed by atoms with Crippen molar-refractivity contribution in [3.8, 4) is 0 Å². The van der Waals surface area contributed by atoms with E-state index < -0.39 is 11.9 Å². The number of carbonyl (C=O) groups is 2. The Bertz CT molecular complexity index is 673. The van der Waals surface area contributed by atoms with Gasteiger partial charge in [0.25, 0.3) is 5.91 Å². The van der Waals surface area contributed by atoms with Crippen LogP contribution in [0.1, 0.15) is 46.1 Å².